The van der Waals surface area contributed by atoms with E-state index < -0.39 is 51.4 Å². The molecule has 6 aromatic rings. The molecule has 4 unspecified atom stereocenters. The molecule has 4 spiro atoms. The minimum Gasteiger partial charge on any atom is -0.504 e. The van der Waals surface area contributed by atoms with Crippen molar-refractivity contribution in [3.8, 4) is 46.0 Å². The molecule has 19 aliphatic rings. The van der Waals surface area contributed by atoms with Gasteiger partial charge >= 0.3 is 0 Å². The highest BCUT2D eigenvalue weighted by molar-refractivity contribution is 5.86. The largest absolute Gasteiger partial charge is 0.504 e. The summed E-state index contributed by atoms with van der Waals surface area (Å²) in [4.78, 5) is 13.8. The fourth-order valence-electron chi connectivity index (χ4n) is 26.4. The Morgan fingerprint density at radius 1 is 0.505 bits per heavy atom. The van der Waals surface area contributed by atoms with Crippen molar-refractivity contribution in [2.75, 3.05) is 52.4 Å². The Hall–Kier alpha value is -6.88. The zero-order chi connectivity index (χ0) is 71.0. The topological polar surface area (TPSA) is 274 Å². The van der Waals surface area contributed by atoms with E-state index in [1.165, 1.54) is 78.1 Å². The number of hydrogen-bond donors (Lipinski definition) is 11. The number of nitrogens with two attached hydrogens (primary N) is 1. The fraction of sp³-hybridized carbons (Fsp3) is 0.581. The zero-order valence-electron chi connectivity index (χ0n) is 59.9. The molecular formula is C86H100N6O13. The number of piperidine rings is 4. The number of nitrogens with one attached hydrogen (secondary N) is 1. The lowest BCUT2D eigenvalue weighted by atomic mass is 9.48. The molecule has 19 nitrogen and oxygen atoms in total. The molecule has 25 rings (SSSR count). The van der Waals surface area contributed by atoms with E-state index in [1.54, 1.807) is 24.3 Å². The lowest BCUT2D eigenvalue weighted by molar-refractivity contribution is -0.209. The predicted octanol–water partition coefficient (Wildman–Crippen LogP) is 8.32. The van der Waals surface area contributed by atoms with Gasteiger partial charge in [0.25, 0.3) is 0 Å². The van der Waals surface area contributed by atoms with Crippen molar-refractivity contribution in [3.63, 3.8) is 0 Å². The number of phenols is 4. The van der Waals surface area contributed by atoms with Crippen molar-refractivity contribution in [2.45, 2.75) is 234 Å². The summed E-state index contributed by atoms with van der Waals surface area (Å²) >= 11 is 0. The standard InChI is InChI=1S/C26H26N2O3.C21H27NO4.C20H26N2O3.C19H21NO3/c29-19-8-7-15-11-20-26(30)12-17-16-3-1-2-4-18(16)27-22(17)24-25(26,21(15)23(19)31-24)9-10-28(20)13-14-5-6-14;23-14-5-4-13-10-16-21(25)7-6-15(24)19-20(21,17(13)18(14)26-19)8-9-22(16)11-12-2-1-3-12;21-13-5-6-20(24)15-9-12-3-4-14(23)17-16(12)19(20,18(13)25-17)7-8-22(15)10-11-1-2-11;1-2-8-20-9-7-19-12-4-6-15(22)18(19)23-17-14(21)5-3-11(16(17)19)10-13(12)20/h1-4,7-8,14,20,24,27,29-30H,5-6,9-13H2;4-5,12,15-16,19,23-25H,1-3,6-11H2;3-4,11,13,15,18,23-24H,1-2,5-10,21H2;2-6,12-13,15,18,21-22H,1,7-10H2/t20-,24?,25+,26-;15-,16+,19?,20-,21+;13-,15-,18?,19+,20-;12-,13+,15-,18?,19-/m1010/s1. The SMILES string of the molecule is C=CCN1CC[C@]23c4c5ccc(O)c4OC2[C@@H](O)C=C[C@H]3[C@H]1C5.N[C@@H]1CC[C@@]2(O)[C@H]3Cc4ccc(O)c5c4[C@@]2(CCN3CC2CC2)C1O5.Oc1ccc2c3c1OC1[C@@H](O)CC[C@@]4(O)[C@@H](C2)N(CC2CCC2)CC[C@]314.Oc1ccc2c3c1OC1c4[nH]c5ccccc5c4C[C@@]4(O)[C@@H](C2)N(CC2CC2)CC[C@]314. The smallest absolute Gasteiger partial charge is 0.166 e. The van der Waals surface area contributed by atoms with E-state index in [1.807, 2.05) is 36.4 Å². The second kappa shape index (κ2) is 22.4. The number of aromatic amines is 1. The molecular weight excluding hydrogens is 1320 g/mol. The molecule has 9 heterocycles. The van der Waals surface area contributed by atoms with Crippen LogP contribution in [0.5, 0.6) is 46.0 Å². The third-order valence-electron chi connectivity index (χ3n) is 31.5. The lowest BCUT2D eigenvalue weighted by Crippen LogP contribution is -2.77. The van der Waals surface area contributed by atoms with Gasteiger partial charge < -0.3 is 75.6 Å². The number of aliphatic hydroxyl groups is 5. The van der Waals surface area contributed by atoms with Gasteiger partial charge in [-0.15, -0.1) is 6.58 Å². The normalized spacial score (nSPS) is 40.4. The molecule has 12 N–H and O–H groups in total. The van der Waals surface area contributed by atoms with E-state index in [0.717, 1.165) is 168 Å². The summed E-state index contributed by atoms with van der Waals surface area (Å²) in [5, 5.41) is 101. The van der Waals surface area contributed by atoms with Gasteiger partial charge in [0, 0.05) is 107 Å². The summed E-state index contributed by atoms with van der Waals surface area (Å²) in [6.45, 7) is 12.0. The molecule has 0 radical (unpaired) electrons. The lowest BCUT2D eigenvalue weighted by Gasteiger charge is -2.64. The maximum atomic E-state index is 12.7. The molecule has 1 aromatic heterocycles. The van der Waals surface area contributed by atoms with Crippen molar-refractivity contribution in [1.82, 2.24) is 24.6 Å². The van der Waals surface area contributed by atoms with E-state index >= 15 is 0 Å². The zero-order valence-corrected chi connectivity index (χ0v) is 59.9. The third-order valence-corrected chi connectivity index (χ3v) is 31.5. The number of aromatic hydroxyl groups is 4. The van der Waals surface area contributed by atoms with Crippen LogP contribution in [-0.2, 0) is 53.8 Å². The highest BCUT2D eigenvalue weighted by Crippen LogP contribution is 2.72. The molecule has 11 aliphatic carbocycles. The van der Waals surface area contributed by atoms with E-state index in [-0.39, 0.29) is 70.9 Å². The number of aromatic nitrogens is 1. The summed E-state index contributed by atoms with van der Waals surface area (Å²) in [7, 11) is 0. The van der Waals surface area contributed by atoms with Gasteiger partial charge in [0.05, 0.1) is 44.8 Å². The second-order valence-corrected chi connectivity index (χ2v) is 36.0. The number of rotatable bonds is 8. The van der Waals surface area contributed by atoms with Crippen molar-refractivity contribution in [2.24, 2.45) is 29.4 Å². The number of aliphatic hydroxyl groups excluding tert-OH is 2. The fourth-order valence-corrected chi connectivity index (χ4v) is 26.4. The summed E-state index contributed by atoms with van der Waals surface area (Å²) in [5.41, 5.74) is 14.7. The highest BCUT2D eigenvalue weighted by atomic mass is 16.5. The summed E-state index contributed by atoms with van der Waals surface area (Å²) < 4.78 is 25.1. The third kappa shape index (κ3) is 8.36. The number of phenolic OH excluding ortho intramolecular Hbond substituents is 4. The summed E-state index contributed by atoms with van der Waals surface area (Å²) in [6.07, 6.45) is 23.0. The van der Waals surface area contributed by atoms with Gasteiger partial charge in [-0.2, -0.15) is 0 Å². The van der Waals surface area contributed by atoms with Gasteiger partial charge in [0.1, 0.15) is 24.4 Å². The van der Waals surface area contributed by atoms with Gasteiger partial charge in [-0.05, 0) is 218 Å². The van der Waals surface area contributed by atoms with Crippen molar-refractivity contribution < 1.29 is 64.9 Å². The number of hydrogen-bond acceptors (Lipinski definition) is 18. The van der Waals surface area contributed by atoms with E-state index in [9.17, 15) is 46.0 Å². The molecule has 19 atom stereocenters. The Bertz CT molecular complexity index is 4680. The molecule has 8 aliphatic heterocycles. The van der Waals surface area contributed by atoms with Crippen molar-refractivity contribution in [1.29, 1.82) is 0 Å². The number of ether oxygens (including phenoxy) is 4. The van der Waals surface area contributed by atoms with Gasteiger partial charge in [0.2, 0.25) is 0 Å². The first kappa shape index (κ1) is 65.2. The van der Waals surface area contributed by atoms with Crippen LogP contribution in [0.4, 0.5) is 0 Å². The minimum absolute atomic E-state index is 0.0813. The molecule has 19 heteroatoms. The van der Waals surface area contributed by atoms with Crippen molar-refractivity contribution >= 4 is 10.9 Å². The Balaban J connectivity index is 0.0000000882. The van der Waals surface area contributed by atoms with Gasteiger partial charge in [-0.25, -0.2) is 0 Å². The maximum Gasteiger partial charge on any atom is 0.166 e. The number of para-hydroxylation sites is 1. The summed E-state index contributed by atoms with van der Waals surface area (Å²) in [6, 6.07) is 24.1. The first-order valence-electron chi connectivity index (χ1n) is 40.1. The Morgan fingerprint density at radius 2 is 1.00 bits per heavy atom. The van der Waals surface area contributed by atoms with Crippen molar-refractivity contribution in [3.05, 3.63) is 153 Å². The van der Waals surface area contributed by atoms with E-state index in [2.05, 4.69) is 61.5 Å². The molecule has 4 saturated heterocycles. The molecule has 5 aromatic carbocycles. The number of benzene rings is 5. The molecule has 5 saturated carbocycles. The average molecular weight is 1430 g/mol. The molecule has 9 fully saturated rings. The molecule has 552 valence electrons. The highest BCUT2D eigenvalue weighted by Gasteiger charge is 2.77. The molecule has 0 amide bonds. The Morgan fingerprint density at radius 3 is 1.58 bits per heavy atom. The summed E-state index contributed by atoms with van der Waals surface area (Å²) in [5.74, 6) is 5.73. The van der Waals surface area contributed by atoms with Crippen LogP contribution in [0, 0.1) is 23.7 Å². The second-order valence-electron chi connectivity index (χ2n) is 36.0. The quantitative estimate of drug-likeness (QED) is 0.0639. The van der Waals surface area contributed by atoms with Gasteiger partial charge in [-0.3, -0.25) is 19.6 Å². The van der Waals surface area contributed by atoms with Crippen LogP contribution in [0.15, 0.2) is 97.6 Å². The maximum absolute atomic E-state index is 12.7. The van der Waals surface area contributed by atoms with Crippen LogP contribution < -0.4 is 24.7 Å². The number of fused-ring (bicyclic) bond motifs is 4. The minimum atomic E-state index is -0.908. The number of likely N-dealkylation sites (tertiary alicyclic amines) is 4. The first-order chi connectivity index (χ1) is 50.8. The average Bonchev–Trinajstić information content (AvgIpc) is 1.56. The van der Waals surface area contributed by atoms with Crippen LogP contribution in [0.25, 0.3) is 10.9 Å². The van der Waals surface area contributed by atoms with Crippen LogP contribution in [0.2, 0.25) is 0 Å². The Labute approximate surface area is 612 Å². The van der Waals surface area contributed by atoms with Crippen LogP contribution in [0.3, 0.4) is 0 Å². The van der Waals surface area contributed by atoms with Gasteiger partial charge in [-0.1, -0.05) is 67.1 Å². The first-order valence-corrected chi connectivity index (χ1v) is 40.1. The Kier molecular flexibility index (Phi) is 13.9. The predicted molar refractivity (Wildman–Crippen MR) is 391 cm³/mol. The molecule has 8 bridgehead atoms. The number of nitrogens with zero attached hydrogens (tertiary/aromatic N) is 4. The van der Waals surface area contributed by atoms with E-state index in [0.29, 0.717) is 54.2 Å². The van der Waals surface area contributed by atoms with Crippen LogP contribution in [-0.4, -0.2) is 200 Å². The van der Waals surface area contributed by atoms with Gasteiger partial charge in [0.15, 0.2) is 52.1 Å². The monoisotopic (exact) mass is 1420 g/mol. The van der Waals surface area contributed by atoms with Crippen LogP contribution >= 0.6 is 0 Å². The van der Waals surface area contributed by atoms with E-state index in [4.69, 9.17) is 24.7 Å². The van der Waals surface area contributed by atoms with Crippen LogP contribution in [0.1, 0.15) is 158 Å². The molecule has 105 heavy (non-hydrogen) atoms. The number of H-pyrrole nitrogens is 1.